The maximum Gasteiger partial charge on any atom is 0.312 e. The van der Waals surface area contributed by atoms with E-state index in [0.29, 0.717) is 18.0 Å². The second-order valence-corrected chi connectivity index (χ2v) is 4.80. The molecule has 0 aliphatic rings. The third-order valence-electron chi connectivity index (χ3n) is 2.83. The van der Waals surface area contributed by atoms with Gasteiger partial charge in [-0.05, 0) is 24.5 Å². The van der Waals surface area contributed by atoms with Gasteiger partial charge in [-0.3, -0.25) is 9.78 Å². The molecule has 0 spiro atoms. The van der Waals surface area contributed by atoms with E-state index in [9.17, 15) is 9.90 Å². The fourth-order valence-corrected chi connectivity index (χ4v) is 1.96. The maximum absolute atomic E-state index is 11.3. The Balaban J connectivity index is 2.41. The predicted octanol–water partition coefficient (Wildman–Crippen LogP) is 2.84. The summed E-state index contributed by atoms with van der Waals surface area (Å²) in [6.45, 7) is 4.01. The summed E-state index contributed by atoms with van der Waals surface area (Å²) in [5.41, 5.74) is 2.06. The highest BCUT2D eigenvalue weighted by molar-refractivity contribution is 5.78. The van der Waals surface area contributed by atoms with E-state index in [-0.39, 0.29) is 0 Å². The zero-order chi connectivity index (χ0) is 13.1. The second kappa shape index (κ2) is 5.12. The molecular formula is C14H16N2O2. The normalized spacial score (nSPS) is 12.8. The summed E-state index contributed by atoms with van der Waals surface area (Å²) in [4.78, 5) is 20.0. The summed E-state index contributed by atoms with van der Waals surface area (Å²) < 4.78 is 0. The van der Waals surface area contributed by atoms with Crippen LogP contribution < -0.4 is 0 Å². The largest absolute Gasteiger partial charge is 0.481 e. The first-order chi connectivity index (χ1) is 8.58. The van der Waals surface area contributed by atoms with Gasteiger partial charge in [0.05, 0.1) is 22.9 Å². The van der Waals surface area contributed by atoms with Gasteiger partial charge in [0.2, 0.25) is 0 Å². The fourth-order valence-electron chi connectivity index (χ4n) is 1.96. The number of benzene rings is 1. The van der Waals surface area contributed by atoms with E-state index >= 15 is 0 Å². The third kappa shape index (κ3) is 2.64. The van der Waals surface area contributed by atoms with Crippen LogP contribution in [-0.4, -0.2) is 21.0 Å². The number of para-hydroxylation sites is 2. The Labute approximate surface area is 106 Å². The van der Waals surface area contributed by atoms with Crippen molar-refractivity contribution in [2.45, 2.75) is 26.2 Å². The molecule has 2 aromatic rings. The minimum absolute atomic E-state index is 0.305. The fraction of sp³-hybridized carbons (Fsp3) is 0.357. The molecule has 1 unspecified atom stereocenters. The number of carbonyl (C=O) groups is 1. The Morgan fingerprint density at radius 3 is 2.56 bits per heavy atom. The number of rotatable bonds is 4. The van der Waals surface area contributed by atoms with E-state index in [2.05, 4.69) is 9.97 Å². The van der Waals surface area contributed by atoms with E-state index in [0.717, 1.165) is 11.0 Å². The molecule has 1 aromatic heterocycles. The zero-order valence-electron chi connectivity index (χ0n) is 10.5. The molecule has 1 heterocycles. The number of aromatic nitrogens is 2. The van der Waals surface area contributed by atoms with Gasteiger partial charge >= 0.3 is 5.97 Å². The van der Waals surface area contributed by atoms with E-state index < -0.39 is 11.9 Å². The highest BCUT2D eigenvalue weighted by Gasteiger charge is 2.23. The van der Waals surface area contributed by atoms with Crippen molar-refractivity contribution in [3.63, 3.8) is 0 Å². The number of hydrogen-bond acceptors (Lipinski definition) is 3. The molecule has 2 rings (SSSR count). The van der Waals surface area contributed by atoms with E-state index in [1.807, 2.05) is 38.1 Å². The van der Waals surface area contributed by atoms with Gasteiger partial charge in [0, 0.05) is 0 Å². The van der Waals surface area contributed by atoms with Gasteiger partial charge in [-0.15, -0.1) is 0 Å². The van der Waals surface area contributed by atoms with Crippen LogP contribution in [-0.2, 0) is 4.79 Å². The Morgan fingerprint density at radius 2 is 1.94 bits per heavy atom. The molecule has 0 aliphatic heterocycles. The molecule has 0 aliphatic carbocycles. The molecule has 0 amide bonds. The van der Waals surface area contributed by atoms with Gasteiger partial charge < -0.3 is 5.11 Å². The van der Waals surface area contributed by atoms with E-state index in [1.54, 1.807) is 6.20 Å². The number of fused-ring (bicyclic) bond motifs is 1. The standard InChI is InChI=1S/C14H16N2O2/c1-9(2)7-10(14(17)18)13-8-15-11-5-3-4-6-12(11)16-13/h3-6,8-10H,7H2,1-2H3,(H,17,18). The lowest BCUT2D eigenvalue weighted by Gasteiger charge is -2.14. The molecule has 0 radical (unpaired) electrons. The van der Waals surface area contributed by atoms with Crippen LogP contribution in [0.4, 0.5) is 0 Å². The molecule has 0 saturated carbocycles. The summed E-state index contributed by atoms with van der Waals surface area (Å²) in [5, 5.41) is 9.28. The van der Waals surface area contributed by atoms with Crippen molar-refractivity contribution in [2.75, 3.05) is 0 Å². The molecular weight excluding hydrogens is 228 g/mol. The molecule has 0 bridgehead atoms. The van der Waals surface area contributed by atoms with Crippen molar-refractivity contribution in [2.24, 2.45) is 5.92 Å². The van der Waals surface area contributed by atoms with Gasteiger partial charge in [0.15, 0.2) is 0 Å². The Bertz CT molecular complexity index is 566. The van der Waals surface area contributed by atoms with Crippen molar-refractivity contribution in [1.82, 2.24) is 9.97 Å². The molecule has 1 aromatic carbocycles. The van der Waals surface area contributed by atoms with Crippen molar-refractivity contribution >= 4 is 17.0 Å². The third-order valence-corrected chi connectivity index (χ3v) is 2.83. The minimum atomic E-state index is -0.840. The Morgan fingerprint density at radius 1 is 1.28 bits per heavy atom. The van der Waals surface area contributed by atoms with Gasteiger partial charge in [-0.2, -0.15) is 0 Å². The van der Waals surface area contributed by atoms with Crippen LogP contribution in [0.25, 0.3) is 11.0 Å². The van der Waals surface area contributed by atoms with Gasteiger partial charge in [0.1, 0.15) is 5.92 Å². The first-order valence-electron chi connectivity index (χ1n) is 6.02. The van der Waals surface area contributed by atoms with Crippen LogP contribution in [0.2, 0.25) is 0 Å². The van der Waals surface area contributed by atoms with Crippen LogP contribution in [0.5, 0.6) is 0 Å². The van der Waals surface area contributed by atoms with Crippen LogP contribution in [0.1, 0.15) is 31.9 Å². The van der Waals surface area contributed by atoms with Crippen LogP contribution in [0, 0.1) is 5.92 Å². The number of nitrogens with zero attached hydrogens (tertiary/aromatic N) is 2. The van der Waals surface area contributed by atoms with Gasteiger partial charge in [-0.1, -0.05) is 26.0 Å². The first kappa shape index (κ1) is 12.5. The van der Waals surface area contributed by atoms with E-state index in [1.165, 1.54) is 0 Å². The summed E-state index contributed by atoms with van der Waals surface area (Å²) >= 11 is 0. The topological polar surface area (TPSA) is 63.1 Å². The summed E-state index contributed by atoms with van der Waals surface area (Å²) in [5.74, 6) is -1.12. The number of carboxylic acid groups (broad SMARTS) is 1. The first-order valence-corrected chi connectivity index (χ1v) is 6.02. The van der Waals surface area contributed by atoms with Crippen molar-refractivity contribution in [1.29, 1.82) is 0 Å². The minimum Gasteiger partial charge on any atom is -0.481 e. The average Bonchev–Trinajstić information content (AvgIpc) is 2.35. The maximum atomic E-state index is 11.3. The smallest absolute Gasteiger partial charge is 0.312 e. The number of aliphatic carboxylic acids is 1. The van der Waals surface area contributed by atoms with Crippen LogP contribution in [0.15, 0.2) is 30.5 Å². The van der Waals surface area contributed by atoms with Crippen LogP contribution >= 0.6 is 0 Å². The predicted molar refractivity (Wildman–Crippen MR) is 69.4 cm³/mol. The highest BCUT2D eigenvalue weighted by atomic mass is 16.4. The van der Waals surface area contributed by atoms with Gasteiger partial charge in [0.25, 0.3) is 0 Å². The summed E-state index contributed by atoms with van der Waals surface area (Å²) in [6.07, 6.45) is 2.14. The van der Waals surface area contributed by atoms with Gasteiger partial charge in [-0.25, -0.2) is 4.98 Å². The molecule has 18 heavy (non-hydrogen) atoms. The molecule has 4 heteroatoms. The molecule has 4 nitrogen and oxygen atoms in total. The van der Waals surface area contributed by atoms with Crippen molar-refractivity contribution in [3.8, 4) is 0 Å². The number of carboxylic acids is 1. The Hall–Kier alpha value is -1.97. The summed E-state index contributed by atoms with van der Waals surface area (Å²) in [7, 11) is 0. The summed E-state index contributed by atoms with van der Waals surface area (Å²) in [6, 6.07) is 7.48. The second-order valence-electron chi connectivity index (χ2n) is 4.80. The quantitative estimate of drug-likeness (QED) is 0.898. The lowest BCUT2D eigenvalue weighted by Crippen LogP contribution is -2.15. The molecule has 0 fully saturated rings. The monoisotopic (exact) mass is 244 g/mol. The van der Waals surface area contributed by atoms with Crippen molar-refractivity contribution in [3.05, 3.63) is 36.2 Å². The molecule has 1 N–H and O–H groups in total. The van der Waals surface area contributed by atoms with Crippen molar-refractivity contribution < 1.29 is 9.90 Å². The SMILES string of the molecule is CC(C)CC(C(=O)O)c1cnc2ccccc2n1. The highest BCUT2D eigenvalue weighted by Crippen LogP contribution is 2.23. The van der Waals surface area contributed by atoms with E-state index in [4.69, 9.17) is 0 Å². The number of hydrogen-bond donors (Lipinski definition) is 1. The Kier molecular flexibility index (Phi) is 3.55. The lowest BCUT2D eigenvalue weighted by molar-refractivity contribution is -0.139. The molecule has 0 saturated heterocycles. The molecule has 1 atom stereocenters. The van der Waals surface area contributed by atoms with Crippen LogP contribution in [0.3, 0.4) is 0 Å². The zero-order valence-corrected chi connectivity index (χ0v) is 10.5. The average molecular weight is 244 g/mol. The molecule has 94 valence electrons. The lowest BCUT2D eigenvalue weighted by atomic mass is 9.94.